The first-order valence-electron chi connectivity index (χ1n) is 6.40. The molecule has 1 heterocycles. The van der Waals surface area contributed by atoms with Crippen LogP contribution in [0.1, 0.15) is 25.0 Å². The molecule has 0 radical (unpaired) electrons. The molecule has 0 atom stereocenters. The third-order valence-electron chi connectivity index (χ3n) is 3.30. The summed E-state index contributed by atoms with van der Waals surface area (Å²) in [6.07, 6.45) is 1.82. The zero-order valence-electron chi connectivity index (χ0n) is 11.6. The molecule has 0 saturated heterocycles. The molecule has 100 valence electrons. The van der Waals surface area contributed by atoms with Crippen LogP contribution in [0.3, 0.4) is 0 Å². The molecule has 0 amide bonds. The first-order valence-corrected chi connectivity index (χ1v) is 7.20. The maximum Gasteiger partial charge on any atom is 0.128 e. The molecule has 0 spiro atoms. The first-order chi connectivity index (χ1) is 8.99. The number of halogens is 1. The Balaban J connectivity index is 2.09. The van der Waals surface area contributed by atoms with E-state index in [1.54, 1.807) is 0 Å². The Hall–Kier alpha value is -1.35. The SMILES string of the molecule is Cc1cc(Br)cnc1NCC(C)(C)c1ccccc1. The summed E-state index contributed by atoms with van der Waals surface area (Å²) in [5.74, 6) is 0.951. The van der Waals surface area contributed by atoms with Crippen molar-refractivity contribution in [1.82, 2.24) is 4.98 Å². The van der Waals surface area contributed by atoms with Gasteiger partial charge in [-0.05, 0) is 40.0 Å². The van der Waals surface area contributed by atoms with Crippen molar-refractivity contribution in [1.29, 1.82) is 0 Å². The van der Waals surface area contributed by atoms with Crippen LogP contribution < -0.4 is 5.32 Å². The van der Waals surface area contributed by atoms with Gasteiger partial charge in [0.2, 0.25) is 0 Å². The van der Waals surface area contributed by atoms with Gasteiger partial charge < -0.3 is 5.32 Å². The number of aromatic nitrogens is 1. The number of nitrogens with one attached hydrogen (secondary N) is 1. The van der Waals surface area contributed by atoms with Gasteiger partial charge in [0.05, 0.1) is 0 Å². The van der Waals surface area contributed by atoms with Crippen molar-refractivity contribution in [2.24, 2.45) is 0 Å². The summed E-state index contributed by atoms with van der Waals surface area (Å²) < 4.78 is 1.01. The molecule has 1 aromatic carbocycles. The normalized spacial score (nSPS) is 11.4. The van der Waals surface area contributed by atoms with E-state index in [9.17, 15) is 0 Å². The minimum Gasteiger partial charge on any atom is -0.369 e. The van der Waals surface area contributed by atoms with Gasteiger partial charge in [-0.15, -0.1) is 0 Å². The maximum atomic E-state index is 4.42. The molecule has 0 unspecified atom stereocenters. The van der Waals surface area contributed by atoms with Gasteiger partial charge in [0.25, 0.3) is 0 Å². The first kappa shape index (κ1) is 14.1. The molecule has 0 aliphatic carbocycles. The molecule has 1 N–H and O–H groups in total. The molecule has 2 nitrogen and oxygen atoms in total. The summed E-state index contributed by atoms with van der Waals surface area (Å²) in [4.78, 5) is 4.42. The molecule has 0 saturated carbocycles. The quantitative estimate of drug-likeness (QED) is 0.895. The Kier molecular flexibility index (Phi) is 4.25. The average molecular weight is 319 g/mol. The average Bonchev–Trinajstić information content (AvgIpc) is 2.39. The van der Waals surface area contributed by atoms with Crippen LogP contribution >= 0.6 is 15.9 Å². The van der Waals surface area contributed by atoms with Crippen LogP contribution in [0.5, 0.6) is 0 Å². The van der Waals surface area contributed by atoms with E-state index in [0.29, 0.717) is 0 Å². The van der Waals surface area contributed by atoms with Crippen LogP contribution in [0, 0.1) is 6.92 Å². The van der Waals surface area contributed by atoms with E-state index in [1.165, 1.54) is 5.56 Å². The molecule has 19 heavy (non-hydrogen) atoms. The highest BCUT2D eigenvalue weighted by molar-refractivity contribution is 9.10. The van der Waals surface area contributed by atoms with Gasteiger partial charge in [-0.2, -0.15) is 0 Å². The highest BCUT2D eigenvalue weighted by Crippen LogP contribution is 2.24. The predicted octanol–water partition coefficient (Wildman–Crippen LogP) is 4.54. The van der Waals surface area contributed by atoms with Crippen molar-refractivity contribution in [3.05, 3.63) is 58.2 Å². The van der Waals surface area contributed by atoms with Crippen molar-refractivity contribution in [3.8, 4) is 0 Å². The predicted molar refractivity (Wildman–Crippen MR) is 84.6 cm³/mol. The van der Waals surface area contributed by atoms with Crippen LogP contribution in [0.25, 0.3) is 0 Å². The van der Waals surface area contributed by atoms with E-state index in [2.05, 4.69) is 77.3 Å². The second-order valence-corrected chi connectivity index (χ2v) is 6.34. The lowest BCUT2D eigenvalue weighted by atomic mass is 9.84. The monoisotopic (exact) mass is 318 g/mol. The Morgan fingerprint density at radius 3 is 2.53 bits per heavy atom. The highest BCUT2D eigenvalue weighted by atomic mass is 79.9. The summed E-state index contributed by atoms with van der Waals surface area (Å²) >= 11 is 3.43. The van der Waals surface area contributed by atoms with Crippen LogP contribution in [-0.2, 0) is 5.41 Å². The smallest absolute Gasteiger partial charge is 0.128 e. The van der Waals surface area contributed by atoms with Crippen molar-refractivity contribution in [3.63, 3.8) is 0 Å². The van der Waals surface area contributed by atoms with E-state index in [1.807, 2.05) is 12.3 Å². The van der Waals surface area contributed by atoms with Gasteiger partial charge in [0.1, 0.15) is 5.82 Å². The van der Waals surface area contributed by atoms with Gasteiger partial charge in [-0.3, -0.25) is 0 Å². The Morgan fingerprint density at radius 2 is 1.89 bits per heavy atom. The lowest BCUT2D eigenvalue weighted by Gasteiger charge is -2.26. The molecular formula is C16H19BrN2. The fourth-order valence-corrected chi connectivity index (χ4v) is 2.47. The second-order valence-electron chi connectivity index (χ2n) is 5.42. The van der Waals surface area contributed by atoms with Crippen molar-refractivity contribution < 1.29 is 0 Å². The zero-order valence-corrected chi connectivity index (χ0v) is 13.2. The van der Waals surface area contributed by atoms with Gasteiger partial charge in [-0.1, -0.05) is 44.2 Å². The van der Waals surface area contributed by atoms with E-state index in [4.69, 9.17) is 0 Å². The molecular weight excluding hydrogens is 300 g/mol. The van der Waals surface area contributed by atoms with E-state index in [0.717, 1.165) is 22.4 Å². The molecule has 0 aliphatic rings. The van der Waals surface area contributed by atoms with E-state index >= 15 is 0 Å². The van der Waals surface area contributed by atoms with E-state index in [-0.39, 0.29) is 5.41 Å². The van der Waals surface area contributed by atoms with Crippen molar-refractivity contribution in [2.45, 2.75) is 26.2 Å². The van der Waals surface area contributed by atoms with Crippen LogP contribution in [0.15, 0.2) is 47.1 Å². The molecule has 1 aromatic heterocycles. The topological polar surface area (TPSA) is 24.9 Å². The number of nitrogens with zero attached hydrogens (tertiary/aromatic N) is 1. The number of hydrogen-bond acceptors (Lipinski definition) is 2. The van der Waals surface area contributed by atoms with Crippen LogP contribution in [0.4, 0.5) is 5.82 Å². The number of pyridine rings is 1. The number of anilines is 1. The third-order valence-corrected chi connectivity index (χ3v) is 3.73. The maximum absolute atomic E-state index is 4.42. The number of rotatable bonds is 4. The molecule has 2 aromatic rings. The molecule has 0 bridgehead atoms. The van der Waals surface area contributed by atoms with Crippen LogP contribution in [0.2, 0.25) is 0 Å². The van der Waals surface area contributed by atoms with Gasteiger partial charge in [0, 0.05) is 22.6 Å². The van der Waals surface area contributed by atoms with Crippen molar-refractivity contribution in [2.75, 3.05) is 11.9 Å². The molecule has 2 rings (SSSR count). The second kappa shape index (κ2) is 5.74. The van der Waals surface area contributed by atoms with Gasteiger partial charge >= 0.3 is 0 Å². The Bertz CT molecular complexity index is 550. The third kappa shape index (κ3) is 3.57. The summed E-state index contributed by atoms with van der Waals surface area (Å²) in [7, 11) is 0. The molecule has 0 fully saturated rings. The lowest BCUT2D eigenvalue weighted by molar-refractivity contribution is 0.556. The largest absolute Gasteiger partial charge is 0.369 e. The number of aryl methyl sites for hydroxylation is 1. The van der Waals surface area contributed by atoms with E-state index < -0.39 is 0 Å². The summed E-state index contributed by atoms with van der Waals surface area (Å²) in [5, 5.41) is 3.45. The van der Waals surface area contributed by atoms with Gasteiger partial charge in [0.15, 0.2) is 0 Å². The summed E-state index contributed by atoms with van der Waals surface area (Å²) in [5.41, 5.74) is 2.55. The molecule has 0 aliphatic heterocycles. The fourth-order valence-electron chi connectivity index (χ4n) is 2.02. The standard InChI is InChI=1S/C16H19BrN2/c1-12-9-14(17)10-18-15(12)19-11-16(2,3)13-7-5-4-6-8-13/h4-10H,11H2,1-3H3,(H,18,19). The summed E-state index contributed by atoms with van der Waals surface area (Å²) in [6.45, 7) is 7.40. The zero-order chi connectivity index (χ0) is 13.9. The van der Waals surface area contributed by atoms with Crippen LogP contribution in [-0.4, -0.2) is 11.5 Å². The lowest BCUT2D eigenvalue weighted by Crippen LogP contribution is -2.28. The van der Waals surface area contributed by atoms with Crippen molar-refractivity contribution >= 4 is 21.7 Å². The Labute approximate surface area is 123 Å². The minimum absolute atomic E-state index is 0.0719. The number of benzene rings is 1. The fraction of sp³-hybridized carbons (Fsp3) is 0.312. The summed E-state index contributed by atoms with van der Waals surface area (Å²) in [6, 6.07) is 12.6. The molecule has 3 heteroatoms. The highest BCUT2D eigenvalue weighted by Gasteiger charge is 2.20. The minimum atomic E-state index is 0.0719. The Morgan fingerprint density at radius 1 is 1.21 bits per heavy atom. The number of hydrogen-bond donors (Lipinski definition) is 1. The van der Waals surface area contributed by atoms with Gasteiger partial charge in [-0.25, -0.2) is 4.98 Å².